The Morgan fingerprint density at radius 1 is 1.32 bits per heavy atom. The Labute approximate surface area is 113 Å². The van der Waals surface area contributed by atoms with Gasteiger partial charge < -0.3 is 10.3 Å². The first-order valence-electron chi connectivity index (χ1n) is 6.90. The molecule has 0 bridgehead atoms. The third kappa shape index (κ3) is 2.81. The highest BCUT2D eigenvalue weighted by molar-refractivity contribution is 7.91. The normalized spacial score (nSPS) is 29.9. The third-order valence-corrected chi connectivity index (χ3v) is 5.98. The van der Waals surface area contributed by atoms with Crippen LogP contribution in [0.4, 0.5) is 0 Å². The van der Waals surface area contributed by atoms with Crippen LogP contribution >= 0.6 is 0 Å². The van der Waals surface area contributed by atoms with Crippen LogP contribution < -0.4 is 5.73 Å². The standard InChI is InChI=1S/C12H20N4O2S/c13-10-3-4-11-14-15-12(16(11)7-10)6-9-2-1-5-19(17,18)8-9/h9-10H,1-8,13H2. The summed E-state index contributed by atoms with van der Waals surface area (Å²) >= 11 is 0. The van der Waals surface area contributed by atoms with Gasteiger partial charge in [0, 0.05) is 25.4 Å². The van der Waals surface area contributed by atoms with Crippen LogP contribution in [-0.4, -0.2) is 40.7 Å². The lowest BCUT2D eigenvalue weighted by molar-refractivity contribution is 0.422. The van der Waals surface area contributed by atoms with Crippen molar-refractivity contribution in [3.05, 3.63) is 11.6 Å². The van der Waals surface area contributed by atoms with Gasteiger partial charge in [-0.05, 0) is 25.2 Å². The molecule has 0 aromatic carbocycles. The maximum absolute atomic E-state index is 11.7. The molecule has 0 spiro atoms. The lowest BCUT2D eigenvalue weighted by Crippen LogP contribution is -2.33. The summed E-state index contributed by atoms with van der Waals surface area (Å²) in [5.74, 6) is 2.72. The molecule has 0 aliphatic carbocycles. The molecular formula is C12H20N4O2S. The lowest BCUT2D eigenvalue weighted by atomic mass is 10.0. The molecule has 0 radical (unpaired) electrons. The van der Waals surface area contributed by atoms with Crippen molar-refractivity contribution in [2.75, 3.05) is 11.5 Å². The summed E-state index contributed by atoms with van der Waals surface area (Å²) in [5, 5.41) is 8.44. The summed E-state index contributed by atoms with van der Waals surface area (Å²) in [6.07, 6.45) is 4.27. The minimum atomic E-state index is -2.85. The molecule has 106 valence electrons. The second kappa shape index (κ2) is 4.86. The average Bonchev–Trinajstić information content (AvgIpc) is 2.71. The second-order valence-corrected chi connectivity index (χ2v) is 8.00. The molecule has 1 fully saturated rings. The Kier molecular flexibility index (Phi) is 3.34. The van der Waals surface area contributed by atoms with Gasteiger partial charge in [0.1, 0.15) is 11.6 Å². The molecule has 2 unspecified atom stereocenters. The van der Waals surface area contributed by atoms with Crippen molar-refractivity contribution in [3.63, 3.8) is 0 Å². The fourth-order valence-corrected chi connectivity index (χ4v) is 4.87. The molecule has 3 heterocycles. The number of hydrogen-bond acceptors (Lipinski definition) is 5. The van der Waals surface area contributed by atoms with Crippen LogP contribution in [0.1, 0.15) is 30.9 Å². The van der Waals surface area contributed by atoms with Gasteiger partial charge in [-0.1, -0.05) is 0 Å². The molecule has 2 aliphatic rings. The number of hydrogen-bond donors (Lipinski definition) is 1. The van der Waals surface area contributed by atoms with Crippen molar-refractivity contribution in [1.82, 2.24) is 14.8 Å². The van der Waals surface area contributed by atoms with E-state index in [1.54, 1.807) is 0 Å². The number of nitrogens with two attached hydrogens (primary N) is 1. The van der Waals surface area contributed by atoms with Crippen LogP contribution in [0, 0.1) is 5.92 Å². The first-order valence-corrected chi connectivity index (χ1v) is 8.72. The van der Waals surface area contributed by atoms with Crippen molar-refractivity contribution in [1.29, 1.82) is 0 Å². The molecule has 1 saturated heterocycles. The van der Waals surface area contributed by atoms with E-state index in [0.29, 0.717) is 17.9 Å². The summed E-state index contributed by atoms with van der Waals surface area (Å²) in [6, 6.07) is 0.164. The zero-order chi connectivity index (χ0) is 13.5. The van der Waals surface area contributed by atoms with E-state index < -0.39 is 9.84 Å². The van der Waals surface area contributed by atoms with Crippen molar-refractivity contribution >= 4 is 9.84 Å². The van der Waals surface area contributed by atoms with Crippen LogP contribution in [0.15, 0.2) is 0 Å². The van der Waals surface area contributed by atoms with E-state index in [4.69, 9.17) is 5.73 Å². The van der Waals surface area contributed by atoms with Crippen LogP contribution in [-0.2, 0) is 29.2 Å². The summed E-state index contributed by atoms with van der Waals surface area (Å²) in [5.41, 5.74) is 5.98. The number of aromatic nitrogens is 3. The monoisotopic (exact) mass is 284 g/mol. The van der Waals surface area contributed by atoms with Crippen LogP contribution in [0.3, 0.4) is 0 Å². The quantitative estimate of drug-likeness (QED) is 0.820. The Bertz CT molecular complexity index is 566. The molecular weight excluding hydrogens is 264 g/mol. The molecule has 2 aliphatic heterocycles. The van der Waals surface area contributed by atoms with Crippen molar-refractivity contribution in [2.45, 2.75) is 44.7 Å². The molecule has 0 amide bonds. The third-order valence-electron chi connectivity index (χ3n) is 4.09. The predicted octanol–water partition coefficient (Wildman–Crippen LogP) is -0.0811. The van der Waals surface area contributed by atoms with Crippen LogP contribution in [0.5, 0.6) is 0 Å². The van der Waals surface area contributed by atoms with E-state index in [-0.39, 0.29) is 12.0 Å². The van der Waals surface area contributed by atoms with E-state index in [1.165, 1.54) is 0 Å². The highest BCUT2D eigenvalue weighted by Gasteiger charge is 2.28. The molecule has 7 heteroatoms. The number of aryl methyl sites for hydroxylation is 1. The van der Waals surface area contributed by atoms with Gasteiger partial charge in [-0.25, -0.2) is 8.42 Å². The highest BCUT2D eigenvalue weighted by Crippen LogP contribution is 2.23. The van der Waals surface area contributed by atoms with Crippen molar-refractivity contribution < 1.29 is 8.42 Å². The minimum absolute atomic E-state index is 0.164. The van der Waals surface area contributed by atoms with Crippen LogP contribution in [0.2, 0.25) is 0 Å². The second-order valence-electron chi connectivity index (χ2n) is 5.77. The largest absolute Gasteiger partial charge is 0.326 e. The molecule has 1 aromatic heterocycles. The summed E-state index contributed by atoms with van der Waals surface area (Å²) < 4.78 is 25.4. The van der Waals surface area contributed by atoms with Gasteiger partial charge in [0.05, 0.1) is 11.5 Å². The zero-order valence-corrected chi connectivity index (χ0v) is 11.8. The highest BCUT2D eigenvalue weighted by atomic mass is 32.2. The Balaban J connectivity index is 1.75. The summed E-state index contributed by atoms with van der Waals surface area (Å²) in [6.45, 7) is 0.761. The average molecular weight is 284 g/mol. The fourth-order valence-electron chi connectivity index (χ4n) is 3.10. The first-order chi connectivity index (χ1) is 9.03. The Morgan fingerprint density at radius 2 is 2.16 bits per heavy atom. The Hall–Kier alpha value is -0.950. The molecule has 2 N–H and O–H groups in total. The number of rotatable bonds is 2. The minimum Gasteiger partial charge on any atom is -0.326 e. The molecule has 2 atom stereocenters. The first kappa shape index (κ1) is 13.1. The van der Waals surface area contributed by atoms with Gasteiger partial charge in [0.15, 0.2) is 9.84 Å². The Morgan fingerprint density at radius 3 is 2.95 bits per heavy atom. The number of sulfone groups is 1. The molecule has 1 aromatic rings. The molecule has 0 saturated carbocycles. The van der Waals surface area contributed by atoms with E-state index in [2.05, 4.69) is 14.8 Å². The number of fused-ring (bicyclic) bond motifs is 1. The maximum Gasteiger partial charge on any atom is 0.150 e. The van der Waals surface area contributed by atoms with Gasteiger partial charge in [-0.2, -0.15) is 0 Å². The van der Waals surface area contributed by atoms with Gasteiger partial charge in [0.2, 0.25) is 0 Å². The molecule has 19 heavy (non-hydrogen) atoms. The maximum atomic E-state index is 11.7. The molecule has 3 rings (SSSR count). The smallest absolute Gasteiger partial charge is 0.150 e. The fraction of sp³-hybridized carbons (Fsp3) is 0.833. The summed E-state index contributed by atoms with van der Waals surface area (Å²) in [4.78, 5) is 0. The van der Waals surface area contributed by atoms with Gasteiger partial charge >= 0.3 is 0 Å². The van der Waals surface area contributed by atoms with E-state index in [0.717, 1.165) is 43.9 Å². The van der Waals surface area contributed by atoms with E-state index >= 15 is 0 Å². The zero-order valence-electron chi connectivity index (χ0n) is 11.0. The van der Waals surface area contributed by atoms with Gasteiger partial charge in [0.25, 0.3) is 0 Å². The van der Waals surface area contributed by atoms with E-state index in [1.807, 2.05) is 0 Å². The summed E-state index contributed by atoms with van der Waals surface area (Å²) in [7, 11) is -2.85. The topological polar surface area (TPSA) is 90.9 Å². The van der Waals surface area contributed by atoms with Crippen molar-refractivity contribution in [3.8, 4) is 0 Å². The van der Waals surface area contributed by atoms with Gasteiger partial charge in [-0.3, -0.25) is 0 Å². The SMILES string of the molecule is NC1CCc2nnc(CC3CCCS(=O)(=O)C3)n2C1. The molecule has 6 nitrogen and oxygen atoms in total. The van der Waals surface area contributed by atoms with Crippen LogP contribution in [0.25, 0.3) is 0 Å². The van der Waals surface area contributed by atoms with Crippen molar-refractivity contribution in [2.24, 2.45) is 11.7 Å². The number of nitrogens with zero attached hydrogens (tertiary/aromatic N) is 3. The van der Waals surface area contributed by atoms with E-state index in [9.17, 15) is 8.42 Å². The van der Waals surface area contributed by atoms with Gasteiger partial charge in [-0.15, -0.1) is 10.2 Å². The lowest BCUT2D eigenvalue weighted by Gasteiger charge is -2.24. The predicted molar refractivity (Wildman–Crippen MR) is 71.4 cm³/mol.